The van der Waals surface area contributed by atoms with Crippen molar-refractivity contribution in [3.8, 4) is 17.1 Å². The Labute approximate surface area is 138 Å². The van der Waals surface area contributed by atoms with Gasteiger partial charge in [-0.2, -0.15) is 0 Å². The molecule has 0 saturated carbocycles. The number of halogens is 1. The number of fused-ring (bicyclic) bond motifs is 1. The molecule has 120 valence electrons. The van der Waals surface area contributed by atoms with Gasteiger partial charge in [0.1, 0.15) is 18.6 Å². The van der Waals surface area contributed by atoms with E-state index in [2.05, 4.69) is 9.97 Å². The number of hydrogen-bond donors (Lipinski definition) is 1. The first-order chi connectivity index (χ1) is 10.8. The van der Waals surface area contributed by atoms with Crippen molar-refractivity contribution in [2.75, 3.05) is 6.61 Å². The predicted octanol–water partition coefficient (Wildman–Crippen LogP) is 4.00. The number of aryl methyl sites for hydroxylation is 1. The van der Waals surface area contributed by atoms with E-state index in [4.69, 9.17) is 20.8 Å². The molecule has 0 atom stereocenters. The van der Waals surface area contributed by atoms with Gasteiger partial charge >= 0.3 is 0 Å². The minimum Gasteiger partial charge on any atom is -0.473 e. The zero-order valence-corrected chi connectivity index (χ0v) is 13.9. The fraction of sp³-hybridized carbons (Fsp3) is 0.294. The Morgan fingerprint density at radius 2 is 2.13 bits per heavy atom. The molecule has 2 aromatic heterocycles. The molecule has 1 N–H and O–H groups in total. The normalized spacial score (nSPS) is 11.9. The number of hydrogen-bond acceptors (Lipinski definition) is 5. The third-order valence-corrected chi connectivity index (χ3v) is 3.59. The van der Waals surface area contributed by atoms with Gasteiger partial charge in [-0.1, -0.05) is 23.7 Å². The third-order valence-electron chi connectivity index (χ3n) is 3.29. The molecule has 5 nitrogen and oxygen atoms in total. The largest absolute Gasteiger partial charge is 0.473 e. The second-order valence-corrected chi connectivity index (χ2v) is 6.42. The number of aliphatic hydroxyl groups is 1. The van der Waals surface area contributed by atoms with Crippen LogP contribution in [0.5, 0.6) is 5.88 Å². The van der Waals surface area contributed by atoms with Crippen LogP contribution < -0.4 is 4.74 Å². The molecule has 0 fully saturated rings. The highest BCUT2D eigenvalue weighted by atomic mass is 35.5. The minimum atomic E-state index is -0.926. The van der Waals surface area contributed by atoms with Crippen LogP contribution in [-0.2, 0) is 0 Å². The Hall–Kier alpha value is -2.11. The van der Waals surface area contributed by atoms with Gasteiger partial charge in [0.05, 0.1) is 22.5 Å². The molecule has 0 aliphatic rings. The molecular formula is C17H17ClN2O3. The fourth-order valence-corrected chi connectivity index (χ4v) is 2.43. The Morgan fingerprint density at radius 3 is 2.83 bits per heavy atom. The average molecular weight is 333 g/mol. The van der Waals surface area contributed by atoms with Gasteiger partial charge in [-0.15, -0.1) is 0 Å². The van der Waals surface area contributed by atoms with E-state index >= 15 is 0 Å². The SMILES string of the molecule is Cc1nc(-c2coc3c(Cl)cccc23)cnc1OCC(C)(C)O. The Kier molecular flexibility index (Phi) is 4.00. The van der Waals surface area contributed by atoms with Crippen LogP contribution in [0.25, 0.3) is 22.2 Å². The van der Waals surface area contributed by atoms with Gasteiger partial charge in [0.25, 0.3) is 0 Å². The summed E-state index contributed by atoms with van der Waals surface area (Å²) in [6, 6.07) is 5.57. The molecule has 0 spiro atoms. The minimum absolute atomic E-state index is 0.145. The van der Waals surface area contributed by atoms with Gasteiger partial charge in [-0.3, -0.25) is 0 Å². The number of ether oxygens (including phenoxy) is 1. The number of para-hydroxylation sites is 1. The van der Waals surface area contributed by atoms with Gasteiger partial charge < -0.3 is 14.3 Å². The summed E-state index contributed by atoms with van der Waals surface area (Å²) in [5, 5.41) is 11.2. The van der Waals surface area contributed by atoms with E-state index in [-0.39, 0.29) is 6.61 Å². The molecule has 3 rings (SSSR count). The Balaban J connectivity index is 1.94. The second-order valence-electron chi connectivity index (χ2n) is 6.01. The Morgan fingerprint density at radius 1 is 1.35 bits per heavy atom. The summed E-state index contributed by atoms with van der Waals surface area (Å²) in [4.78, 5) is 8.82. The lowest BCUT2D eigenvalue weighted by Crippen LogP contribution is -2.28. The summed E-state index contributed by atoms with van der Waals surface area (Å²) in [5.74, 6) is 0.404. The number of nitrogens with zero attached hydrogens (tertiary/aromatic N) is 2. The maximum absolute atomic E-state index is 9.72. The molecule has 23 heavy (non-hydrogen) atoms. The van der Waals surface area contributed by atoms with Crippen LogP contribution in [0.1, 0.15) is 19.5 Å². The van der Waals surface area contributed by atoms with E-state index in [1.165, 1.54) is 0 Å². The van der Waals surface area contributed by atoms with E-state index in [1.807, 2.05) is 19.1 Å². The van der Waals surface area contributed by atoms with Crippen LogP contribution in [0.3, 0.4) is 0 Å². The summed E-state index contributed by atoms with van der Waals surface area (Å²) < 4.78 is 11.0. The second kappa shape index (κ2) is 5.83. The summed E-state index contributed by atoms with van der Waals surface area (Å²) >= 11 is 6.12. The van der Waals surface area contributed by atoms with Crippen LogP contribution in [0, 0.1) is 6.92 Å². The van der Waals surface area contributed by atoms with E-state index in [0.717, 1.165) is 10.9 Å². The maximum atomic E-state index is 9.72. The van der Waals surface area contributed by atoms with Gasteiger partial charge in [-0.05, 0) is 26.8 Å². The highest BCUT2D eigenvalue weighted by Crippen LogP contribution is 2.33. The Bertz CT molecular complexity index is 853. The first kappa shape index (κ1) is 15.8. The van der Waals surface area contributed by atoms with E-state index in [9.17, 15) is 5.11 Å². The monoisotopic (exact) mass is 332 g/mol. The lowest BCUT2D eigenvalue weighted by molar-refractivity contribution is 0.0264. The summed E-state index contributed by atoms with van der Waals surface area (Å²) in [7, 11) is 0. The molecule has 0 saturated heterocycles. The van der Waals surface area contributed by atoms with Crippen LogP contribution in [0.4, 0.5) is 0 Å². The molecule has 6 heteroatoms. The number of benzene rings is 1. The van der Waals surface area contributed by atoms with Gasteiger partial charge in [-0.25, -0.2) is 9.97 Å². The van der Waals surface area contributed by atoms with Crippen LogP contribution in [-0.4, -0.2) is 27.3 Å². The van der Waals surface area contributed by atoms with Crippen molar-refractivity contribution < 1.29 is 14.3 Å². The van der Waals surface area contributed by atoms with Crippen molar-refractivity contribution in [1.82, 2.24) is 9.97 Å². The quantitative estimate of drug-likeness (QED) is 0.782. The van der Waals surface area contributed by atoms with Crippen LogP contribution in [0.15, 0.2) is 35.1 Å². The third kappa shape index (κ3) is 3.30. The van der Waals surface area contributed by atoms with Crippen LogP contribution >= 0.6 is 11.6 Å². The predicted molar refractivity (Wildman–Crippen MR) is 88.8 cm³/mol. The summed E-state index contributed by atoms with van der Waals surface area (Å²) in [6.07, 6.45) is 3.25. The zero-order valence-electron chi connectivity index (χ0n) is 13.1. The maximum Gasteiger partial charge on any atom is 0.235 e. The summed E-state index contributed by atoms with van der Waals surface area (Å²) in [5.41, 5.74) is 1.85. The molecular weight excluding hydrogens is 316 g/mol. The van der Waals surface area contributed by atoms with Crippen molar-refractivity contribution in [3.63, 3.8) is 0 Å². The highest BCUT2D eigenvalue weighted by molar-refractivity contribution is 6.35. The van der Waals surface area contributed by atoms with Crippen molar-refractivity contribution in [2.24, 2.45) is 0 Å². The number of furan rings is 1. The summed E-state index contributed by atoms with van der Waals surface area (Å²) in [6.45, 7) is 5.30. The van der Waals surface area contributed by atoms with Gasteiger partial charge in [0.2, 0.25) is 5.88 Å². The van der Waals surface area contributed by atoms with Crippen molar-refractivity contribution in [2.45, 2.75) is 26.4 Å². The van der Waals surface area contributed by atoms with E-state index in [0.29, 0.717) is 27.9 Å². The smallest absolute Gasteiger partial charge is 0.235 e. The molecule has 2 heterocycles. The van der Waals surface area contributed by atoms with Crippen molar-refractivity contribution in [1.29, 1.82) is 0 Å². The average Bonchev–Trinajstić information content (AvgIpc) is 2.90. The molecule has 0 radical (unpaired) electrons. The lowest BCUT2D eigenvalue weighted by Gasteiger charge is -2.17. The van der Waals surface area contributed by atoms with Crippen LogP contribution in [0.2, 0.25) is 5.02 Å². The molecule has 1 aromatic carbocycles. The standard InChI is InChI=1S/C17H17ClN2O3/c1-10-16(23-9-17(2,3)21)19-7-14(20-10)12-8-22-15-11(12)5-4-6-13(15)18/h4-8,21H,9H2,1-3H3. The molecule has 0 aliphatic heterocycles. The van der Waals surface area contributed by atoms with Crippen molar-refractivity contribution >= 4 is 22.6 Å². The zero-order chi connectivity index (χ0) is 16.6. The van der Waals surface area contributed by atoms with Gasteiger partial charge in [0, 0.05) is 10.9 Å². The molecule has 3 aromatic rings. The molecule has 0 aliphatic carbocycles. The fourth-order valence-electron chi connectivity index (χ4n) is 2.21. The lowest BCUT2D eigenvalue weighted by atomic mass is 10.1. The van der Waals surface area contributed by atoms with E-state index in [1.54, 1.807) is 32.4 Å². The first-order valence-corrected chi connectivity index (χ1v) is 7.58. The highest BCUT2D eigenvalue weighted by Gasteiger charge is 2.17. The molecule has 0 unspecified atom stereocenters. The molecule has 0 amide bonds. The van der Waals surface area contributed by atoms with E-state index < -0.39 is 5.60 Å². The number of aromatic nitrogens is 2. The topological polar surface area (TPSA) is 68.4 Å². The van der Waals surface area contributed by atoms with Crippen molar-refractivity contribution in [3.05, 3.63) is 41.4 Å². The number of rotatable bonds is 4. The molecule has 0 bridgehead atoms. The first-order valence-electron chi connectivity index (χ1n) is 7.20. The van der Waals surface area contributed by atoms with Gasteiger partial charge in [0.15, 0.2) is 5.58 Å².